The summed E-state index contributed by atoms with van der Waals surface area (Å²) in [5.41, 5.74) is 1.63. The number of nitrogens with zero attached hydrogens (tertiary/aromatic N) is 5. The smallest absolute Gasteiger partial charge is 0.265 e. The van der Waals surface area contributed by atoms with Gasteiger partial charge in [0.25, 0.3) is 5.91 Å². The van der Waals surface area contributed by atoms with E-state index in [-0.39, 0.29) is 23.9 Å². The summed E-state index contributed by atoms with van der Waals surface area (Å²) in [4.78, 5) is 28.3. The van der Waals surface area contributed by atoms with Crippen LogP contribution in [-0.4, -0.2) is 64.7 Å². The molecule has 1 amide bonds. The Kier molecular flexibility index (Phi) is 5.63. The predicted octanol–water partition coefficient (Wildman–Crippen LogP) is 2.36. The second kappa shape index (κ2) is 8.21. The topological polar surface area (TPSA) is 96.4 Å². The lowest BCUT2D eigenvalue weighted by Gasteiger charge is -2.33. The molecule has 1 fully saturated rings. The Labute approximate surface area is 179 Å². The van der Waals surface area contributed by atoms with Gasteiger partial charge >= 0.3 is 0 Å². The van der Waals surface area contributed by atoms with Crippen molar-refractivity contribution in [3.05, 3.63) is 58.9 Å². The molecule has 156 valence electrons. The van der Waals surface area contributed by atoms with Gasteiger partial charge in [-0.25, -0.2) is 23.4 Å². The van der Waals surface area contributed by atoms with Crippen molar-refractivity contribution in [1.29, 1.82) is 0 Å². The summed E-state index contributed by atoms with van der Waals surface area (Å²) in [5.74, 6) is 0.346. The molecule has 0 bridgehead atoms. The van der Waals surface area contributed by atoms with E-state index >= 15 is 0 Å². The highest BCUT2D eigenvalue weighted by molar-refractivity contribution is 7.89. The summed E-state index contributed by atoms with van der Waals surface area (Å²) in [7, 11) is -3.56. The molecule has 3 aromatic rings. The highest BCUT2D eigenvalue weighted by atomic mass is 32.2. The maximum atomic E-state index is 13.0. The molecule has 30 heavy (non-hydrogen) atoms. The Bertz CT molecular complexity index is 1150. The van der Waals surface area contributed by atoms with Crippen molar-refractivity contribution in [2.75, 3.05) is 26.2 Å². The van der Waals surface area contributed by atoms with Crippen molar-refractivity contribution in [1.82, 2.24) is 24.2 Å². The van der Waals surface area contributed by atoms with Crippen LogP contribution in [0, 0.1) is 13.8 Å². The summed E-state index contributed by atoms with van der Waals surface area (Å²) in [6.07, 6.45) is 3.27. The summed E-state index contributed by atoms with van der Waals surface area (Å²) in [6.45, 7) is 4.88. The van der Waals surface area contributed by atoms with Crippen LogP contribution >= 0.6 is 11.3 Å². The molecule has 4 rings (SSSR count). The van der Waals surface area contributed by atoms with Gasteiger partial charge in [-0.2, -0.15) is 4.31 Å². The van der Waals surface area contributed by atoms with Gasteiger partial charge in [-0.15, -0.1) is 11.3 Å². The molecule has 0 spiro atoms. The van der Waals surface area contributed by atoms with E-state index in [1.807, 2.05) is 6.92 Å². The van der Waals surface area contributed by atoms with Crippen LogP contribution in [0.2, 0.25) is 0 Å². The minimum absolute atomic E-state index is 0.139. The summed E-state index contributed by atoms with van der Waals surface area (Å²) in [5, 5.41) is 0.594. The Morgan fingerprint density at radius 3 is 2.27 bits per heavy atom. The number of piperazine rings is 1. The number of carbonyl (C=O) groups is 1. The van der Waals surface area contributed by atoms with Gasteiger partial charge in [-0.05, 0) is 32.0 Å². The van der Waals surface area contributed by atoms with Gasteiger partial charge in [0.05, 0.1) is 10.6 Å². The van der Waals surface area contributed by atoms with Gasteiger partial charge in [-0.3, -0.25) is 4.79 Å². The van der Waals surface area contributed by atoms with E-state index in [0.717, 1.165) is 5.56 Å². The fourth-order valence-electron chi connectivity index (χ4n) is 3.23. The van der Waals surface area contributed by atoms with Gasteiger partial charge in [0, 0.05) is 38.6 Å². The number of hydrogen-bond acceptors (Lipinski definition) is 7. The summed E-state index contributed by atoms with van der Waals surface area (Å²) >= 11 is 1.26. The number of carbonyl (C=O) groups excluding carboxylic acids is 1. The van der Waals surface area contributed by atoms with Crippen molar-refractivity contribution < 1.29 is 13.2 Å². The molecule has 8 nitrogen and oxygen atoms in total. The number of sulfonamides is 1. The van der Waals surface area contributed by atoms with Crippen LogP contribution in [0.15, 0.2) is 47.6 Å². The predicted molar refractivity (Wildman–Crippen MR) is 114 cm³/mol. The SMILES string of the molecule is Cc1ccc(S(=O)(=O)N2CCN(C(=O)c3sc(-c4ncccn4)nc3C)CC2)cc1. The number of hydrogen-bond donors (Lipinski definition) is 0. The molecular formula is C20H21N5O3S2. The van der Waals surface area contributed by atoms with Gasteiger partial charge in [0.15, 0.2) is 10.8 Å². The molecule has 10 heteroatoms. The van der Waals surface area contributed by atoms with Crippen molar-refractivity contribution in [3.8, 4) is 10.8 Å². The van der Waals surface area contributed by atoms with Crippen molar-refractivity contribution in [3.63, 3.8) is 0 Å². The lowest BCUT2D eigenvalue weighted by molar-refractivity contribution is 0.0702. The maximum absolute atomic E-state index is 13.0. The Morgan fingerprint density at radius 1 is 1.00 bits per heavy atom. The quantitative estimate of drug-likeness (QED) is 0.614. The molecule has 0 radical (unpaired) electrons. The van der Waals surface area contributed by atoms with Crippen LogP contribution in [-0.2, 0) is 10.0 Å². The van der Waals surface area contributed by atoms with Gasteiger partial charge in [-0.1, -0.05) is 17.7 Å². The largest absolute Gasteiger partial charge is 0.335 e. The van der Waals surface area contributed by atoms with E-state index in [2.05, 4.69) is 15.0 Å². The van der Waals surface area contributed by atoms with Gasteiger partial charge in [0.1, 0.15) is 4.88 Å². The zero-order chi connectivity index (χ0) is 21.3. The number of aromatic nitrogens is 3. The molecule has 1 aromatic carbocycles. The first kappa shape index (κ1) is 20.6. The molecule has 1 aliphatic heterocycles. The number of benzene rings is 1. The highest BCUT2D eigenvalue weighted by Gasteiger charge is 2.31. The van der Waals surface area contributed by atoms with Crippen LogP contribution in [0.5, 0.6) is 0 Å². The molecule has 0 unspecified atom stereocenters. The molecule has 0 aliphatic carbocycles. The first-order chi connectivity index (χ1) is 14.4. The second-order valence-corrected chi connectivity index (χ2v) is 9.95. The lowest BCUT2D eigenvalue weighted by atomic mass is 10.2. The minimum atomic E-state index is -3.56. The monoisotopic (exact) mass is 443 g/mol. The van der Waals surface area contributed by atoms with E-state index in [4.69, 9.17) is 0 Å². The van der Waals surface area contributed by atoms with E-state index in [0.29, 0.717) is 34.5 Å². The van der Waals surface area contributed by atoms with Crippen LogP contribution in [0.4, 0.5) is 0 Å². The third kappa shape index (κ3) is 3.98. The highest BCUT2D eigenvalue weighted by Crippen LogP contribution is 2.27. The molecule has 0 N–H and O–H groups in total. The lowest BCUT2D eigenvalue weighted by Crippen LogP contribution is -2.50. The van der Waals surface area contributed by atoms with Crippen molar-refractivity contribution in [2.24, 2.45) is 0 Å². The van der Waals surface area contributed by atoms with Crippen LogP contribution in [0.25, 0.3) is 10.8 Å². The molecular weight excluding hydrogens is 422 g/mol. The van der Waals surface area contributed by atoms with Crippen LogP contribution in [0.1, 0.15) is 20.9 Å². The Hall–Kier alpha value is -2.69. The van der Waals surface area contributed by atoms with Crippen molar-refractivity contribution >= 4 is 27.3 Å². The zero-order valence-corrected chi connectivity index (χ0v) is 18.3. The second-order valence-electron chi connectivity index (χ2n) is 7.02. The first-order valence-corrected chi connectivity index (χ1v) is 11.7. The number of thiazole rings is 1. The van der Waals surface area contributed by atoms with E-state index in [1.54, 1.807) is 54.5 Å². The average Bonchev–Trinajstić information content (AvgIpc) is 3.16. The standard InChI is InChI=1S/C20H21N5O3S2/c1-14-4-6-16(7-5-14)30(27,28)25-12-10-24(11-13-25)20(26)17-15(2)23-19(29-17)18-21-8-3-9-22-18/h3-9H,10-13H2,1-2H3. The maximum Gasteiger partial charge on any atom is 0.265 e. The third-order valence-electron chi connectivity index (χ3n) is 4.93. The number of amides is 1. The van der Waals surface area contributed by atoms with E-state index in [1.165, 1.54) is 15.6 Å². The van der Waals surface area contributed by atoms with Crippen LogP contribution < -0.4 is 0 Å². The minimum Gasteiger partial charge on any atom is -0.335 e. The van der Waals surface area contributed by atoms with Crippen LogP contribution in [0.3, 0.4) is 0 Å². The molecule has 2 aromatic heterocycles. The molecule has 1 saturated heterocycles. The average molecular weight is 444 g/mol. The molecule has 3 heterocycles. The third-order valence-corrected chi connectivity index (χ3v) is 7.99. The molecule has 0 saturated carbocycles. The molecule has 1 aliphatic rings. The van der Waals surface area contributed by atoms with Crippen molar-refractivity contribution in [2.45, 2.75) is 18.7 Å². The van der Waals surface area contributed by atoms with Gasteiger partial charge < -0.3 is 4.90 Å². The van der Waals surface area contributed by atoms with Gasteiger partial charge in [0.2, 0.25) is 10.0 Å². The first-order valence-electron chi connectivity index (χ1n) is 9.47. The summed E-state index contributed by atoms with van der Waals surface area (Å²) < 4.78 is 27.2. The number of rotatable bonds is 4. The summed E-state index contributed by atoms with van der Waals surface area (Å²) in [6, 6.07) is 8.53. The zero-order valence-electron chi connectivity index (χ0n) is 16.6. The number of aryl methyl sites for hydroxylation is 2. The Morgan fingerprint density at radius 2 is 1.63 bits per heavy atom. The Balaban J connectivity index is 1.46. The van der Waals surface area contributed by atoms with E-state index < -0.39 is 10.0 Å². The fourth-order valence-corrected chi connectivity index (χ4v) is 5.64. The normalized spacial score (nSPS) is 15.3. The molecule has 0 atom stereocenters. The fraction of sp³-hybridized carbons (Fsp3) is 0.300. The van der Waals surface area contributed by atoms with E-state index in [9.17, 15) is 13.2 Å².